The molecule has 2 aromatic rings. The van der Waals surface area contributed by atoms with E-state index < -0.39 is 0 Å². The van der Waals surface area contributed by atoms with E-state index in [1.54, 1.807) is 6.20 Å². The topological polar surface area (TPSA) is 47.5 Å². The number of ether oxygens (including phenoxy) is 2. The standard InChI is InChI=1S/C20H25N3O2/c1-2-16(10-21-6-1)14-25-15-18-12-22-11-17-13-23(7-3-20(17)18)19-4-8-24-9-5-19/h1-2,6,10-12,19H,3-5,7-9,13-15H2. The lowest BCUT2D eigenvalue weighted by molar-refractivity contribution is 0.0287. The lowest BCUT2D eigenvalue weighted by Gasteiger charge is -2.37. The van der Waals surface area contributed by atoms with Crippen LogP contribution in [-0.4, -0.2) is 40.7 Å². The van der Waals surface area contributed by atoms with E-state index in [0.717, 1.165) is 51.1 Å². The summed E-state index contributed by atoms with van der Waals surface area (Å²) in [6.07, 6.45) is 11.0. The van der Waals surface area contributed by atoms with Crippen LogP contribution in [0, 0.1) is 0 Å². The van der Waals surface area contributed by atoms with Gasteiger partial charge >= 0.3 is 0 Å². The Balaban J connectivity index is 1.38. The van der Waals surface area contributed by atoms with Crippen LogP contribution in [0.5, 0.6) is 0 Å². The molecule has 1 fully saturated rings. The second-order valence-corrected chi connectivity index (χ2v) is 6.85. The number of fused-ring (bicyclic) bond motifs is 1. The molecule has 0 radical (unpaired) electrons. The minimum absolute atomic E-state index is 0.589. The lowest BCUT2D eigenvalue weighted by atomic mass is 9.95. The third kappa shape index (κ3) is 4.06. The summed E-state index contributed by atoms with van der Waals surface area (Å²) in [4.78, 5) is 11.2. The minimum atomic E-state index is 0.589. The molecule has 0 N–H and O–H groups in total. The van der Waals surface area contributed by atoms with Crippen molar-refractivity contribution in [2.75, 3.05) is 19.8 Å². The highest BCUT2D eigenvalue weighted by Gasteiger charge is 2.26. The summed E-state index contributed by atoms with van der Waals surface area (Å²) in [6, 6.07) is 4.64. The van der Waals surface area contributed by atoms with Crippen LogP contribution in [0.15, 0.2) is 36.9 Å². The van der Waals surface area contributed by atoms with Gasteiger partial charge in [0.2, 0.25) is 0 Å². The number of rotatable bonds is 5. The Morgan fingerprint density at radius 2 is 2.04 bits per heavy atom. The predicted octanol–water partition coefficient (Wildman–Crippen LogP) is 2.73. The van der Waals surface area contributed by atoms with E-state index in [9.17, 15) is 0 Å². The Morgan fingerprint density at radius 3 is 2.88 bits per heavy atom. The first-order valence-corrected chi connectivity index (χ1v) is 9.13. The normalized spacial score (nSPS) is 18.9. The summed E-state index contributed by atoms with van der Waals surface area (Å²) < 4.78 is 11.4. The molecule has 0 unspecified atom stereocenters. The van der Waals surface area contributed by atoms with Crippen molar-refractivity contribution in [1.82, 2.24) is 14.9 Å². The highest BCUT2D eigenvalue weighted by molar-refractivity contribution is 5.33. The summed E-state index contributed by atoms with van der Waals surface area (Å²) in [7, 11) is 0. The zero-order valence-electron chi connectivity index (χ0n) is 14.6. The Bertz CT molecular complexity index is 687. The van der Waals surface area contributed by atoms with E-state index in [1.165, 1.54) is 16.7 Å². The molecule has 2 aromatic heterocycles. The van der Waals surface area contributed by atoms with E-state index >= 15 is 0 Å². The van der Waals surface area contributed by atoms with Crippen molar-refractivity contribution in [3.8, 4) is 0 Å². The highest BCUT2D eigenvalue weighted by Crippen LogP contribution is 2.26. The van der Waals surface area contributed by atoms with Gasteiger partial charge in [-0.25, -0.2) is 0 Å². The molecule has 2 aliphatic heterocycles. The summed E-state index contributed by atoms with van der Waals surface area (Å²) in [6.45, 7) is 5.12. The molecule has 2 aliphatic rings. The molecule has 0 aromatic carbocycles. The van der Waals surface area contributed by atoms with E-state index in [0.29, 0.717) is 19.3 Å². The number of aromatic nitrogens is 2. The van der Waals surface area contributed by atoms with Crippen LogP contribution < -0.4 is 0 Å². The Morgan fingerprint density at radius 1 is 1.12 bits per heavy atom. The molecule has 0 aliphatic carbocycles. The number of hydrogen-bond donors (Lipinski definition) is 0. The molecule has 0 amide bonds. The van der Waals surface area contributed by atoms with Gasteiger partial charge in [0.25, 0.3) is 0 Å². The maximum Gasteiger partial charge on any atom is 0.0739 e. The molecule has 0 spiro atoms. The Kier molecular flexibility index (Phi) is 5.35. The fourth-order valence-corrected chi connectivity index (χ4v) is 3.84. The SMILES string of the molecule is c1cncc(COCc2cncc3c2CCN(C2CCOCC2)C3)c1. The number of nitrogens with zero attached hydrogens (tertiary/aromatic N) is 3. The third-order valence-electron chi connectivity index (χ3n) is 5.21. The van der Waals surface area contributed by atoms with Gasteiger partial charge in [0.05, 0.1) is 13.2 Å². The second kappa shape index (κ2) is 8.04. The maximum atomic E-state index is 5.90. The van der Waals surface area contributed by atoms with Gasteiger partial charge in [0.15, 0.2) is 0 Å². The van der Waals surface area contributed by atoms with E-state index in [2.05, 4.69) is 14.9 Å². The molecular weight excluding hydrogens is 314 g/mol. The smallest absolute Gasteiger partial charge is 0.0739 e. The van der Waals surface area contributed by atoms with Crippen LogP contribution in [-0.2, 0) is 35.7 Å². The first-order valence-electron chi connectivity index (χ1n) is 9.13. The molecule has 0 bridgehead atoms. The quantitative estimate of drug-likeness (QED) is 0.838. The van der Waals surface area contributed by atoms with Crippen LogP contribution in [0.25, 0.3) is 0 Å². The van der Waals surface area contributed by atoms with Gasteiger partial charge in [-0.2, -0.15) is 0 Å². The van der Waals surface area contributed by atoms with Crippen molar-refractivity contribution < 1.29 is 9.47 Å². The van der Waals surface area contributed by atoms with Crippen LogP contribution in [0.1, 0.15) is 35.1 Å². The fraction of sp³-hybridized carbons (Fsp3) is 0.500. The zero-order valence-corrected chi connectivity index (χ0v) is 14.6. The molecule has 0 atom stereocenters. The molecule has 5 nitrogen and oxygen atoms in total. The van der Waals surface area contributed by atoms with E-state index in [-0.39, 0.29) is 0 Å². The molecule has 4 rings (SSSR count). The Hall–Kier alpha value is -1.82. The number of pyridine rings is 2. The average Bonchev–Trinajstić information content (AvgIpc) is 2.69. The van der Waals surface area contributed by atoms with Crippen molar-refractivity contribution in [1.29, 1.82) is 0 Å². The van der Waals surface area contributed by atoms with E-state index in [1.807, 2.05) is 30.7 Å². The van der Waals surface area contributed by atoms with Crippen LogP contribution in [0.4, 0.5) is 0 Å². The molecule has 0 saturated carbocycles. The van der Waals surface area contributed by atoms with E-state index in [4.69, 9.17) is 9.47 Å². The fourth-order valence-electron chi connectivity index (χ4n) is 3.84. The first-order chi connectivity index (χ1) is 12.4. The van der Waals surface area contributed by atoms with Gasteiger partial charge in [0, 0.05) is 57.1 Å². The van der Waals surface area contributed by atoms with Crippen molar-refractivity contribution in [3.63, 3.8) is 0 Å². The molecular formula is C20H25N3O2. The van der Waals surface area contributed by atoms with Crippen molar-refractivity contribution >= 4 is 0 Å². The van der Waals surface area contributed by atoms with Gasteiger partial charge < -0.3 is 9.47 Å². The molecule has 132 valence electrons. The van der Waals surface area contributed by atoms with Gasteiger partial charge in [-0.15, -0.1) is 0 Å². The van der Waals surface area contributed by atoms with Gasteiger partial charge in [-0.3, -0.25) is 14.9 Å². The number of hydrogen-bond acceptors (Lipinski definition) is 5. The molecule has 1 saturated heterocycles. The third-order valence-corrected chi connectivity index (χ3v) is 5.21. The summed E-state index contributed by atoms with van der Waals surface area (Å²) in [5.41, 5.74) is 5.13. The summed E-state index contributed by atoms with van der Waals surface area (Å²) >= 11 is 0. The predicted molar refractivity (Wildman–Crippen MR) is 94.9 cm³/mol. The highest BCUT2D eigenvalue weighted by atomic mass is 16.5. The van der Waals surface area contributed by atoms with Gasteiger partial charge in [-0.05, 0) is 47.6 Å². The van der Waals surface area contributed by atoms with Crippen molar-refractivity contribution in [3.05, 3.63) is 59.2 Å². The average molecular weight is 339 g/mol. The van der Waals surface area contributed by atoms with Crippen LogP contribution in [0.2, 0.25) is 0 Å². The molecule has 5 heteroatoms. The Labute approximate surface area is 149 Å². The minimum Gasteiger partial charge on any atom is -0.381 e. The van der Waals surface area contributed by atoms with Gasteiger partial charge in [-0.1, -0.05) is 6.07 Å². The molecule has 25 heavy (non-hydrogen) atoms. The van der Waals surface area contributed by atoms with Crippen LogP contribution in [0.3, 0.4) is 0 Å². The largest absolute Gasteiger partial charge is 0.381 e. The monoisotopic (exact) mass is 339 g/mol. The van der Waals surface area contributed by atoms with Crippen molar-refractivity contribution in [2.24, 2.45) is 0 Å². The first kappa shape index (κ1) is 16.6. The summed E-state index contributed by atoms with van der Waals surface area (Å²) in [5.74, 6) is 0. The maximum absolute atomic E-state index is 5.90. The van der Waals surface area contributed by atoms with Gasteiger partial charge in [0.1, 0.15) is 0 Å². The van der Waals surface area contributed by atoms with Crippen molar-refractivity contribution in [2.45, 2.75) is 45.1 Å². The molecule has 4 heterocycles. The van der Waals surface area contributed by atoms with Crippen LogP contribution >= 0.6 is 0 Å². The zero-order chi connectivity index (χ0) is 16.9. The lowest BCUT2D eigenvalue weighted by Crippen LogP contribution is -2.42. The summed E-state index contributed by atoms with van der Waals surface area (Å²) in [5, 5.41) is 0. The second-order valence-electron chi connectivity index (χ2n) is 6.85.